The largest absolute Gasteiger partial charge is 0.462 e. The predicted octanol–water partition coefficient (Wildman–Crippen LogP) is 0.238. The van der Waals surface area contributed by atoms with E-state index in [1.165, 1.54) is 12.0 Å². The number of carbonyl (C=O) groups is 3. The summed E-state index contributed by atoms with van der Waals surface area (Å²) in [6.07, 6.45) is 1.40. The maximum absolute atomic E-state index is 13.7. The monoisotopic (exact) mass is 538 g/mol. The fourth-order valence-electron chi connectivity index (χ4n) is 4.48. The molecule has 2 amide bonds. The van der Waals surface area contributed by atoms with Crippen LogP contribution in [0.5, 0.6) is 0 Å². The number of amides is 2. The lowest BCUT2D eigenvalue weighted by molar-refractivity contribution is -0.150. The van der Waals surface area contributed by atoms with Gasteiger partial charge in [-0.15, -0.1) is 0 Å². The van der Waals surface area contributed by atoms with E-state index in [0.717, 1.165) is 16.7 Å². The van der Waals surface area contributed by atoms with Gasteiger partial charge in [0.2, 0.25) is 11.8 Å². The minimum atomic E-state index is -0.945. The molecule has 2 aromatic carbocycles. The second-order valence-corrected chi connectivity index (χ2v) is 9.42. The van der Waals surface area contributed by atoms with E-state index in [-0.39, 0.29) is 38.0 Å². The van der Waals surface area contributed by atoms with Crippen molar-refractivity contribution < 1.29 is 23.9 Å². The van der Waals surface area contributed by atoms with Crippen LogP contribution >= 0.6 is 0 Å². The average Bonchev–Trinajstić information content (AvgIpc) is 2.94. The highest BCUT2D eigenvalue weighted by Gasteiger charge is 2.38. The van der Waals surface area contributed by atoms with Crippen molar-refractivity contribution in [2.75, 3.05) is 26.9 Å². The van der Waals surface area contributed by atoms with Crippen molar-refractivity contribution in [2.24, 2.45) is 22.2 Å². The minimum absolute atomic E-state index is 0.0231. The second kappa shape index (κ2) is 14.8. The van der Waals surface area contributed by atoms with Crippen LogP contribution in [0, 0.1) is 0 Å². The zero-order valence-corrected chi connectivity index (χ0v) is 22.3. The summed E-state index contributed by atoms with van der Waals surface area (Å²) >= 11 is 0. The Hall–Kier alpha value is -3.96. The lowest BCUT2D eigenvalue weighted by Gasteiger charge is -2.38. The Morgan fingerprint density at radius 2 is 1.74 bits per heavy atom. The Kier molecular flexibility index (Phi) is 11.3. The quantitative estimate of drug-likeness (QED) is 0.121. The Bertz CT molecular complexity index is 1140. The molecule has 11 nitrogen and oxygen atoms in total. The first kappa shape index (κ1) is 29.6. The number of nitrogens with two attached hydrogens (primary N) is 3. The molecule has 1 aliphatic heterocycles. The summed E-state index contributed by atoms with van der Waals surface area (Å²) in [5, 5.41) is 2.85. The topological polar surface area (TPSA) is 175 Å². The number of nitrogens with zero attached hydrogens (tertiary/aromatic N) is 2. The number of nitrogens with one attached hydrogen (secondary N) is 1. The molecule has 7 N–H and O–H groups in total. The molecule has 11 heteroatoms. The third kappa shape index (κ3) is 8.79. The van der Waals surface area contributed by atoms with Crippen molar-refractivity contribution in [1.29, 1.82) is 0 Å². The number of methoxy groups -OCH3 is 1. The van der Waals surface area contributed by atoms with Gasteiger partial charge in [-0.1, -0.05) is 54.6 Å². The number of fused-ring (bicyclic) bond motifs is 1. The summed E-state index contributed by atoms with van der Waals surface area (Å²) in [5.41, 5.74) is 19.7. The molecule has 39 heavy (non-hydrogen) atoms. The van der Waals surface area contributed by atoms with Crippen LogP contribution in [0.25, 0.3) is 0 Å². The van der Waals surface area contributed by atoms with E-state index < -0.39 is 30.0 Å². The summed E-state index contributed by atoms with van der Waals surface area (Å²) in [5.74, 6) is -1.40. The van der Waals surface area contributed by atoms with Gasteiger partial charge in [0.25, 0.3) is 0 Å². The third-order valence-electron chi connectivity index (χ3n) is 6.53. The van der Waals surface area contributed by atoms with E-state index in [4.69, 9.17) is 26.7 Å². The number of rotatable bonds is 13. The van der Waals surface area contributed by atoms with Crippen LogP contribution < -0.4 is 22.5 Å². The van der Waals surface area contributed by atoms with Gasteiger partial charge in [-0.25, -0.2) is 4.79 Å². The molecule has 3 atom stereocenters. The zero-order valence-electron chi connectivity index (χ0n) is 22.3. The van der Waals surface area contributed by atoms with Gasteiger partial charge in [-0.05, 0) is 29.5 Å². The highest BCUT2D eigenvalue weighted by molar-refractivity contribution is 5.92. The third-order valence-corrected chi connectivity index (χ3v) is 6.53. The van der Waals surface area contributed by atoms with Crippen LogP contribution in [0.15, 0.2) is 59.6 Å². The molecule has 1 aliphatic rings. The van der Waals surface area contributed by atoms with Crippen molar-refractivity contribution >= 4 is 23.7 Å². The summed E-state index contributed by atoms with van der Waals surface area (Å²) in [6, 6.07) is 14.4. The van der Waals surface area contributed by atoms with E-state index in [9.17, 15) is 14.4 Å². The van der Waals surface area contributed by atoms with Gasteiger partial charge < -0.3 is 36.9 Å². The standard InChI is InChI=1S/C28H38N6O5/c1-38-14-15-39-27(37)23(16-19-8-3-2-4-9-19)33-25(35)24-17-20-10-5-6-11-21(20)18-34(24)26(36)22(29)12-7-13-32-28(30)31/h2-6,8-11,22-24H,7,12-18,29H2,1H3,(H,33,35)(H4,30,31,32)/t22-,23-,24-/m0/s1. The van der Waals surface area contributed by atoms with E-state index in [1.54, 1.807) is 0 Å². The van der Waals surface area contributed by atoms with Crippen LogP contribution in [-0.2, 0) is 43.2 Å². The van der Waals surface area contributed by atoms with Gasteiger partial charge in [0.1, 0.15) is 18.7 Å². The highest BCUT2D eigenvalue weighted by atomic mass is 16.6. The molecule has 0 saturated heterocycles. The molecule has 0 fully saturated rings. The summed E-state index contributed by atoms with van der Waals surface area (Å²) in [4.78, 5) is 45.5. The molecular formula is C28H38N6O5. The number of guanidine groups is 1. The molecule has 3 rings (SSSR count). The van der Waals surface area contributed by atoms with Crippen molar-refractivity contribution in [1.82, 2.24) is 10.2 Å². The first-order valence-corrected chi connectivity index (χ1v) is 13.0. The number of aliphatic imine (C=N–C) groups is 1. The Balaban J connectivity index is 1.79. The Morgan fingerprint density at radius 1 is 1.05 bits per heavy atom. The van der Waals surface area contributed by atoms with Crippen molar-refractivity contribution in [3.8, 4) is 0 Å². The number of benzene rings is 2. The van der Waals surface area contributed by atoms with E-state index in [1.807, 2.05) is 54.6 Å². The highest BCUT2D eigenvalue weighted by Crippen LogP contribution is 2.25. The maximum atomic E-state index is 13.7. The summed E-state index contributed by atoms with van der Waals surface area (Å²) in [7, 11) is 1.51. The smallest absolute Gasteiger partial charge is 0.329 e. The molecular weight excluding hydrogens is 500 g/mol. The molecule has 1 heterocycles. The fourth-order valence-corrected chi connectivity index (χ4v) is 4.48. The van der Waals surface area contributed by atoms with Gasteiger partial charge in [-0.3, -0.25) is 14.6 Å². The van der Waals surface area contributed by atoms with Crippen LogP contribution in [0.3, 0.4) is 0 Å². The summed E-state index contributed by atoms with van der Waals surface area (Å²) < 4.78 is 10.3. The molecule has 0 radical (unpaired) electrons. The molecule has 2 aromatic rings. The van der Waals surface area contributed by atoms with E-state index >= 15 is 0 Å². The molecule has 0 aromatic heterocycles. The van der Waals surface area contributed by atoms with Gasteiger partial charge >= 0.3 is 5.97 Å². The first-order valence-electron chi connectivity index (χ1n) is 13.0. The van der Waals surface area contributed by atoms with Gasteiger partial charge in [0, 0.05) is 33.0 Å². The lowest BCUT2D eigenvalue weighted by Crippen LogP contribution is -2.58. The number of ether oxygens (including phenoxy) is 2. The lowest BCUT2D eigenvalue weighted by atomic mass is 9.92. The van der Waals surface area contributed by atoms with Crippen LogP contribution in [-0.4, -0.2) is 73.6 Å². The Morgan fingerprint density at radius 3 is 2.44 bits per heavy atom. The molecule has 0 unspecified atom stereocenters. The Labute approximate surface area is 228 Å². The predicted molar refractivity (Wildman–Crippen MR) is 147 cm³/mol. The second-order valence-electron chi connectivity index (χ2n) is 9.42. The van der Waals surface area contributed by atoms with Crippen molar-refractivity contribution in [3.05, 3.63) is 71.3 Å². The number of hydrogen-bond acceptors (Lipinski definition) is 7. The molecule has 0 spiro atoms. The van der Waals surface area contributed by atoms with Crippen molar-refractivity contribution in [2.45, 2.75) is 50.4 Å². The fraction of sp³-hybridized carbons (Fsp3) is 0.429. The molecule has 0 saturated carbocycles. The molecule has 210 valence electrons. The SMILES string of the molecule is COCCOC(=O)[C@H](Cc1ccccc1)NC(=O)[C@@H]1Cc2ccccc2CN1C(=O)[C@@H](N)CCCN=C(N)N. The number of esters is 1. The summed E-state index contributed by atoms with van der Waals surface area (Å²) in [6.45, 7) is 0.881. The van der Waals surface area contributed by atoms with Gasteiger partial charge in [-0.2, -0.15) is 0 Å². The average molecular weight is 539 g/mol. The van der Waals surface area contributed by atoms with E-state index in [0.29, 0.717) is 25.8 Å². The first-order chi connectivity index (χ1) is 18.8. The van der Waals surface area contributed by atoms with Crippen LogP contribution in [0.1, 0.15) is 29.5 Å². The van der Waals surface area contributed by atoms with Crippen molar-refractivity contribution in [3.63, 3.8) is 0 Å². The zero-order chi connectivity index (χ0) is 28.2. The van der Waals surface area contributed by atoms with Gasteiger partial charge in [0.15, 0.2) is 5.96 Å². The minimum Gasteiger partial charge on any atom is -0.462 e. The van der Waals surface area contributed by atoms with Gasteiger partial charge in [0.05, 0.1) is 12.6 Å². The van der Waals surface area contributed by atoms with Crippen LogP contribution in [0.2, 0.25) is 0 Å². The van der Waals surface area contributed by atoms with Crippen LogP contribution in [0.4, 0.5) is 0 Å². The normalized spacial score (nSPS) is 15.9. The number of hydrogen-bond donors (Lipinski definition) is 4. The van der Waals surface area contributed by atoms with E-state index in [2.05, 4.69) is 10.3 Å². The molecule has 0 aliphatic carbocycles. The maximum Gasteiger partial charge on any atom is 0.329 e. The number of carbonyl (C=O) groups excluding carboxylic acids is 3. The molecule has 0 bridgehead atoms.